The van der Waals surface area contributed by atoms with E-state index in [2.05, 4.69) is 11.4 Å². The molecule has 2 amide bonds. The summed E-state index contributed by atoms with van der Waals surface area (Å²) in [6.45, 7) is 2.96. The van der Waals surface area contributed by atoms with Gasteiger partial charge in [-0.1, -0.05) is 36.4 Å². The molecule has 4 nitrogen and oxygen atoms in total. The van der Waals surface area contributed by atoms with Gasteiger partial charge in [-0.2, -0.15) is 0 Å². The molecule has 1 aliphatic heterocycles. The Morgan fingerprint density at radius 1 is 1.25 bits per heavy atom. The van der Waals surface area contributed by atoms with Crippen LogP contribution < -0.4 is 5.32 Å². The molecule has 1 fully saturated rings. The summed E-state index contributed by atoms with van der Waals surface area (Å²) >= 11 is 1.69. The lowest BCUT2D eigenvalue weighted by Crippen LogP contribution is -2.54. The van der Waals surface area contributed by atoms with E-state index in [1.54, 1.807) is 16.2 Å². The monoisotopic (exact) mass is 342 g/mol. The third kappa shape index (κ3) is 3.51. The third-order valence-electron chi connectivity index (χ3n) is 4.67. The van der Waals surface area contributed by atoms with Crippen molar-refractivity contribution in [2.75, 3.05) is 6.54 Å². The molecule has 0 spiro atoms. The van der Waals surface area contributed by atoms with E-state index in [9.17, 15) is 9.59 Å². The summed E-state index contributed by atoms with van der Waals surface area (Å²) in [5.41, 5.74) is 0.312. The smallest absolute Gasteiger partial charge is 0.245 e. The molecule has 126 valence electrons. The predicted octanol–water partition coefficient (Wildman–Crippen LogP) is 2.99. The highest BCUT2D eigenvalue weighted by Crippen LogP contribution is 2.30. The van der Waals surface area contributed by atoms with Crippen LogP contribution >= 0.6 is 11.3 Å². The minimum absolute atomic E-state index is 0.0663. The van der Waals surface area contributed by atoms with E-state index in [0.29, 0.717) is 25.9 Å². The number of carbonyl (C=O) groups excluding carboxylic acids is 2. The first kappa shape index (κ1) is 16.7. The van der Waals surface area contributed by atoms with Crippen molar-refractivity contribution in [3.63, 3.8) is 0 Å². The highest BCUT2D eigenvalue weighted by molar-refractivity contribution is 7.09. The van der Waals surface area contributed by atoms with Crippen LogP contribution in [0.5, 0.6) is 0 Å². The van der Waals surface area contributed by atoms with Gasteiger partial charge in [-0.3, -0.25) is 9.59 Å². The fourth-order valence-corrected chi connectivity index (χ4v) is 3.85. The van der Waals surface area contributed by atoms with Crippen LogP contribution in [0.15, 0.2) is 47.8 Å². The number of rotatable bonds is 6. The number of hydrogen-bond acceptors (Lipinski definition) is 3. The number of nitrogens with one attached hydrogen (secondary N) is 1. The second-order valence-corrected chi connectivity index (χ2v) is 7.35. The summed E-state index contributed by atoms with van der Waals surface area (Å²) in [7, 11) is 0. The third-order valence-corrected chi connectivity index (χ3v) is 5.61. The Labute approximate surface area is 146 Å². The van der Waals surface area contributed by atoms with Gasteiger partial charge in [0.25, 0.3) is 0 Å². The fourth-order valence-electron chi connectivity index (χ4n) is 3.15. The van der Waals surface area contributed by atoms with Crippen molar-refractivity contribution >= 4 is 23.2 Å². The van der Waals surface area contributed by atoms with Gasteiger partial charge < -0.3 is 10.2 Å². The van der Waals surface area contributed by atoms with Gasteiger partial charge in [0.1, 0.15) is 5.54 Å². The van der Waals surface area contributed by atoms with E-state index in [-0.39, 0.29) is 11.8 Å². The average molecular weight is 342 g/mol. The summed E-state index contributed by atoms with van der Waals surface area (Å²) < 4.78 is 0. The molecule has 2 aromatic rings. The van der Waals surface area contributed by atoms with Gasteiger partial charge in [0.15, 0.2) is 0 Å². The molecule has 1 N–H and O–H groups in total. The van der Waals surface area contributed by atoms with Crippen LogP contribution in [-0.2, 0) is 22.6 Å². The fraction of sp³-hybridized carbons (Fsp3) is 0.368. The first-order valence-corrected chi connectivity index (χ1v) is 9.12. The van der Waals surface area contributed by atoms with Gasteiger partial charge in [0, 0.05) is 24.4 Å². The predicted molar refractivity (Wildman–Crippen MR) is 95.7 cm³/mol. The Morgan fingerprint density at radius 3 is 2.75 bits per heavy atom. The lowest BCUT2D eigenvalue weighted by molar-refractivity contribution is -0.140. The molecule has 1 atom stereocenters. The Hall–Kier alpha value is -2.14. The standard InChI is InChI=1S/C19H22N2O2S/c1-19(18(23)20-14-15-6-3-2-4-7-15)11-9-17(22)21(19)12-10-16-8-5-13-24-16/h2-8,13H,9-12,14H2,1H3,(H,20,23)/t19-/m1/s1. The lowest BCUT2D eigenvalue weighted by atomic mass is 9.97. The molecule has 24 heavy (non-hydrogen) atoms. The minimum atomic E-state index is -0.747. The molecular formula is C19H22N2O2S. The van der Waals surface area contributed by atoms with Gasteiger partial charge in [-0.15, -0.1) is 11.3 Å². The molecule has 0 aliphatic carbocycles. The molecule has 3 rings (SSSR count). The molecule has 0 saturated carbocycles. The van der Waals surface area contributed by atoms with E-state index >= 15 is 0 Å². The zero-order valence-corrected chi connectivity index (χ0v) is 14.6. The highest BCUT2D eigenvalue weighted by Gasteiger charge is 2.46. The summed E-state index contributed by atoms with van der Waals surface area (Å²) in [6, 6.07) is 13.9. The van der Waals surface area contributed by atoms with Gasteiger partial charge in [0.2, 0.25) is 11.8 Å². The largest absolute Gasteiger partial charge is 0.350 e. The van der Waals surface area contributed by atoms with Crippen LogP contribution in [0.3, 0.4) is 0 Å². The van der Waals surface area contributed by atoms with Gasteiger partial charge in [-0.25, -0.2) is 0 Å². The molecule has 0 radical (unpaired) electrons. The molecule has 0 bridgehead atoms. The minimum Gasteiger partial charge on any atom is -0.350 e. The molecular weight excluding hydrogens is 320 g/mol. The van der Waals surface area contributed by atoms with E-state index in [1.165, 1.54) is 4.88 Å². The second-order valence-electron chi connectivity index (χ2n) is 6.32. The number of benzene rings is 1. The molecule has 1 aromatic carbocycles. The van der Waals surface area contributed by atoms with Crippen LogP contribution in [0.1, 0.15) is 30.2 Å². The first-order chi connectivity index (χ1) is 11.6. The maximum atomic E-state index is 12.8. The van der Waals surface area contributed by atoms with Crippen LogP contribution in [0.25, 0.3) is 0 Å². The highest BCUT2D eigenvalue weighted by atomic mass is 32.1. The quantitative estimate of drug-likeness (QED) is 0.877. The van der Waals surface area contributed by atoms with Crippen molar-refractivity contribution in [2.24, 2.45) is 0 Å². The Bertz CT molecular complexity index is 699. The van der Waals surface area contributed by atoms with E-state index in [1.807, 2.05) is 48.7 Å². The average Bonchev–Trinajstić information content (AvgIpc) is 3.21. The molecule has 1 aromatic heterocycles. The first-order valence-electron chi connectivity index (χ1n) is 8.25. The zero-order valence-electron chi connectivity index (χ0n) is 13.8. The van der Waals surface area contributed by atoms with Gasteiger partial charge >= 0.3 is 0 Å². The van der Waals surface area contributed by atoms with Crippen molar-refractivity contribution in [3.8, 4) is 0 Å². The SMILES string of the molecule is C[C@]1(C(=O)NCc2ccccc2)CCC(=O)N1CCc1cccs1. The van der Waals surface area contributed by atoms with Gasteiger partial charge in [0.05, 0.1) is 0 Å². The number of thiophene rings is 1. The lowest BCUT2D eigenvalue weighted by Gasteiger charge is -2.34. The maximum Gasteiger partial charge on any atom is 0.245 e. The van der Waals surface area contributed by atoms with Crippen LogP contribution in [-0.4, -0.2) is 28.8 Å². The van der Waals surface area contributed by atoms with Crippen molar-refractivity contribution in [2.45, 2.75) is 38.3 Å². The molecule has 5 heteroatoms. The summed E-state index contributed by atoms with van der Waals surface area (Å²) in [5.74, 6) is 0.00676. The molecule has 2 heterocycles. The van der Waals surface area contributed by atoms with E-state index < -0.39 is 5.54 Å². The number of carbonyl (C=O) groups is 2. The topological polar surface area (TPSA) is 49.4 Å². The maximum absolute atomic E-state index is 12.8. The normalized spacial score (nSPS) is 20.4. The number of hydrogen-bond donors (Lipinski definition) is 1. The Kier molecular flexibility index (Phi) is 5.00. The number of amides is 2. The molecule has 1 aliphatic rings. The second kappa shape index (κ2) is 7.18. The van der Waals surface area contributed by atoms with E-state index in [0.717, 1.165) is 12.0 Å². The van der Waals surface area contributed by atoms with Crippen LogP contribution in [0.2, 0.25) is 0 Å². The van der Waals surface area contributed by atoms with Crippen molar-refractivity contribution in [3.05, 3.63) is 58.3 Å². The van der Waals surface area contributed by atoms with Gasteiger partial charge in [-0.05, 0) is 36.8 Å². The van der Waals surface area contributed by atoms with Crippen molar-refractivity contribution in [1.29, 1.82) is 0 Å². The zero-order chi connectivity index (χ0) is 17.0. The molecule has 0 unspecified atom stereocenters. The van der Waals surface area contributed by atoms with Crippen molar-refractivity contribution in [1.82, 2.24) is 10.2 Å². The summed E-state index contributed by atoms with van der Waals surface area (Å²) in [4.78, 5) is 28.0. The van der Waals surface area contributed by atoms with E-state index in [4.69, 9.17) is 0 Å². The number of nitrogens with zero attached hydrogens (tertiary/aromatic N) is 1. The summed E-state index contributed by atoms with van der Waals surface area (Å²) in [5, 5.41) is 5.03. The van der Waals surface area contributed by atoms with Crippen LogP contribution in [0, 0.1) is 0 Å². The van der Waals surface area contributed by atoms with Crippen LogP contribution in [0.4, 0.5) is 0 Å². The Morgan fingerprint density at radius 2 is 2.04 bits per heavy atom. The van der Waals surface area contributed by atoms with Crippen molar-refractivity contribution < 1.29 is 9.59 Å². The molecule has 1 saturated heterocycles. The Balaban J connectivity index is 1.64. The number of likely N-dealkylation sites (tertiary alicyclic amines) is 1. The summed E-state index contributed by atoms with van der Waals surface area (Å²) in [6.07, 6.45) is 1.82.